The van der Waals surface area contributed by atoms with Crippen LogP contribution < -0.4 is 4.72 Å². The summed E-state index contributed by atoms with van der Waals surface area (Å²) in [5.41, 5.74) is 0.774. The minimum Gasteiger partial charge on any atom is -0.475 e. The van der Waals surface area contributed by atoms with E-state index in [9.17, 15) is 17.6 Å². The molecule has 2 aromatic carbocycles. The molecule has 0 aliphatic carbocycles. The van der Waals surface area contributed by atoms with Crippen molar-refractivity contribution < 1.29 is 27.1 Å². The molecule has 0 amide bonds. The van der Waals surface area contributed by atoms with E-state index < -0.39 is 21.8 Å². The first-order chi connectivity index (χ1) is 11.8. The fourth-order valence-corrected chi connectivity index (χ4v) is 3.20. The van der Waals surface area contributed by atoms with Crippen LogP contribution >= 0.6 is 0 Å². The van der Waals surface area contributed by atoms with Crippen molar-refractivity contribution in [3.05, 3.63) is 72.2 Å². The van der Waals surface area contributed by atoms with Gasteiger partial charge >= 0.3 is 5.97 Å². The Morgan fingerprint density at radius 1 is 0.960 bits per heavy atom. The summed E-state index contributed by atoms with van der Waals surface area (Å²) in [6.45, 7) is 0. The molecule has 0 aliphatic rings. The van der Waals surface area contributed by atoms with Crippen LogP contribution in [-0.4, -0.2) is 19.5 Å². The van der Waals surface area contributed by atoms with Gasteiger partial charge in [0.15, 0.2) is 0 Å². The Bertz CT molecular complexity index is 1010. The van der Waals surface area contributed by atoms with Crippen LogP contribution in [-0.2, 0) is 10.0 Å². The largest absolute Gasteiger partial charge is 0.475 e. The molecule has 0 spiro atoms. The maximum absolute atomic E-state index is 12.9. The Morgan fingerprint density at radius 2 is 1.60 bits per heavy atom. The second-order valence-electron chi connectivity index (χ2n) is 5.11. The maximum Gasteiger partial charge on any atom is 0.371 e. The predicted octanol–water partition coefficient (Wildman–Crippen LogP) is 3.58. The first-order valence-electron chi connectivity index (χ1n) is 7.07. The lowest BCUT2D eigenvalue weighted by molar-refractivity contribution is 0.0663. The van der Waals surface area contributed by atoms with Crippen LogP contribution in [0, 0.1) is 5.82 Å². The van der Waals surface area contributed by atoms with Crippen LogP contribution in [0.3, 0.4) is 0 Å². The van der Waals surface area contributed by atoms with Crippen molar-refractivity contribution >= 4 is 21.7 Å². The number of carbonyl (C=O) groups is 1. The molecule has 0 radical (unpaired) electrons. The van der Waals surface area contributed by atoms with Crippen LogP contribution in [0.4, 0.5) is 10.1 Å². The number of aromatic carboxylic acids is 1. The topological polar surface area (TPSA) is 96.6 Å². The number of furan rings is 1. The van der Waals surface area contributed by atoms with Crippen LogP contribution in [0.2, 0.25) is 0 Å². The zero-order valence-corrected chi connectivity index (χ0v) is 13.5. The zero-order chi connectivity index (χ0) is 18.0. The molecule has 0 fully saturated rings. The van der Waals surface area contributed by atoms with E-state index in [1.165, 1.54) is 48.5 Å². The highest BCUT2D eigenvalue weighted by atomic mass is 32.2. The van der Waals surface area contributed by atoms with Gasteiger partial charge in [0.2, 0.25) is 5.76 Å². The van der Waals surface area contributed by atoms with Crippen molar-refractivity contribution in [1.29, 1.82) is 0 Å². The van der Waals surface area contributed by atoms with Crippen LogP contribution in [0.1, 0.15) is 10.6 Å². The first-order valence-corrected chi connectivity index (χ1v) is 8.55. The van der Waals surface area contributed by atoms with Crippen molar-refractivity contribution in [2.45, 2.75) is 4.90 Å². The van der Waals surface area contributed by atoms with Gasteiger partial charge in [0.05, 0.1) is 4.90 Å². The van der Waals surface area contributed by atoms with Crippen LogP contribution in [0.25, 0.3) is 11.3 Å². The van der Waals surface area contributed by atoms with Gasteiger partial charge in [-0.15, -0.1) is 0 Å². The third-order valence-corrected chi connectivity index (χ3v) is 4.76. The van der Waals surface area contributed by atoms with E-state index in [0.717, 1.165) is 12.1 Å². The Morgan fingerprint density at radius 3 is 2.16 bits per heavy atom. The summed E-state index contributed by atoms with van der Waals surface area (Å²) in [4.78, 5) is 10.8. The molecule has 0 unspecified atom stereocenters. The van der Waals surface area contributed by atoms with Gasteiger partial charge < -0.3 is 9.52 Å². The number of benzene rings is 2. The van der Waals surface area contributed by atoms with Crippen molar-refractivity contribution in [2.75, 3.05) is 4.72 Å². The number of carboxylic acid groups (broad SMARTS) is 1. The molecule has 0 saturated carbocycles. The highest BCUT2D eigenvalue weighted by molar-refractivity contribution is 7.92. The second kappa shape index (κ2) is 6.40. The molecule has 1 aromatic heterocycles. The molecule has 8 heteroatoms. The fraction of sp³-hybridized carbons (Fsp3) is 0. The summed E-state index contributed by atoms with van der Waals surface area (Å²) in [5, 5.41) is 8.85. The molecular formula is C17H12FNO5S. The lowest BCUT2D eigenvalue weighted by Gasteiger charge is -2.08. The lowest BCUT2D eigenvalue weighted by atomic mass is 10.2. The van der Waals surface area contributed by atoms with Gasteiger partial charge in [-0.3, -0.25) is 4.72 Å². The second-order valence-corrected chi connectivity index (χ2v) is 6.79. The van der Waals surface area contributed by atoms with E-state index in [-0.39, 0.29) is 16.3 Å². The van der Waals surface area contributed by atoms with Gasteiger partial charge in [0.25, 0.3) is 10.0 Å². The Kier molecular flexibility index (Phi) is 4.28. The molecule has 1 heterocycles. The SMILES string of the molecule is O=C(O)c1ccc(-c2ccc(S(=O)(=O)Nc3ccc(F)cc3)cc2)o1. The number of anilines is 1. The molecule has 3 rings (SSSR count). The number of rotatable bonds is 5. The molecular weight excluding hydrogens is 349 g/mol. The minimum atomic E-state index is -3.83. The molecule has 0 aliphatic heterocycles. The van der Waals surface area contributed by atoms with Crippen molar-refractivity contribution in [3.8, 4) is 11.3 Å². The van der Waals surface area contributed by atoms with Crippen LogP contribution in [0.5, 0.6) is 0 Å². The Hall–Kier alpha value is -3.13. The monoisotopic (exact) mass is 361 g/mol. The molecule has 3 aromatic rings. The summed E-state index contributed by atoms with van der Waals surface area (Å²) in [6, 6.07) is 13.5. The van der Waals surface area contributed by atoms with E-state index >= 15 is 0 Å². The average molecular weight is 361 g/mol. The van der Waals surface area contributed by atoms with Crippen LogP contribution in [0.15, 0.2) is 70.0 Å². The van der Waals surface area contributed by atoms with Gasteiger partial charge in [-0.05, 0) is 60.7 Å². The summed E-state index contributed by atoms with van der Waals surface area (Å²) in [5.74, 6) is -1.54. The lowest BCUT2D eigenvalue weighted by Crippen LogP contribution is -2.12. The molecule has 25 heavy (non-hydrogen) atoms. The summed E-state index contributed by atoms with van der Waals surface area (Å²) >= 11 is 0. The number of nitrogens with one attached hydrogen (secondary N) is 1. The average Bonchev–Trinajstić information content (AvgIpc) is 3.07. The molecule has 6 nitrogen and oxygen atoms in total. The highest BCUT2D eigenvalue weighted by Crippen LogP contribution is 2.24. The van der Waals surface area contributed by atoms with Crippen molar-refractivity contribution in [1.82, 2.24) is 0 Å². The van der Waals surface area contributed by atoms with E-state index in [1.54, 1.807) is 0 Å². The summed E-state index contributed by atoms with van der Waals surface area (Å²) < 4.78 is 45.0. The van der Waals surface area contributed by atoms with Gasteiger partial charge in [0, 0.05) is 11.3 Å². The van der Waals surface area contributed by atoms with E-state index in [4.69, 9.17) is 9.52 Å². The molecule has 2 N–H and O–H groups in total. The number of carboxylic acids is 1. The number of halogens is 1. The third kappa shape index (κ3) is 3.69. The third-order valence-electron chi connectivity index (χ3n) is 3.36. The van der Waals surface area contributed by atoms with Gasteiger partial charge in [0.1, 0.15) is 11.6 Å². The number of hydrogen-bond donors (Lipinski definition) is 2. The predicted molar refractivity (Wildman–Crippen MR) is 88.3 cm³/mol. The first kappa shape index (κ1) is 16.7. The summed E-state index contributed by atoms with van der Waals surface area (Å²) in [7, 11) is -3.83. The van der Waals surface area contributed by atoms with E-state index in [1.807, 2.05) is 0 Å². The summed E-state index contributed by atoms with van der Waals surface area (Å²) in [6.07, 6.45) is 0. The highest BCUT2D eigenvalue weighted by Gasteiger charge is 2.15. The number of hydrogen-bond acceptors (Lipinski definition) is 4. The smallest absolute Gasteiger partial charge is 0.371 e. The van der Waals surface area contributed by atoms with Gasteiger partial charge in [-0.25, -0.2) is 17.6 Å². The van der Waals surface area contributed by atoms with Gasteiger partial charge in [-0.2, -0.15) is 0 Å². The van der Waals surface area contributed by atoms with Crippen molar-refractivity contribution in [2.24, 2.45) is 0 Å². The molecule has 0 atom stereocenters. The van der Waals surface area contributed by atoms with Crippen molar-refractivity contribution in [3.63, 3.8) is 0 Å². The Labute approximate surface area is 142 Å². The van der Waals surface area contributed by atoms with E-state index in [2.05, 4.69) is 4.72 Å². The van der Waals surface area contributed by atoms with Gasteiger partial charge in [-0.1, -0.05) is 0 Å². The maximum atomic E-state index is 12.9. The van der Waals surface area contributed by atoms with E-state index in [0.29, 0.717) is 11.3 Å². The normalized spacial score (nSPS) is 11.2. The number of sulfonamides is 1. The molecule has 128 valence electrons. The molecule has 0 saturated heterocycles. The minimum absolute atomic E-state index is 0.00518. The quantitative estimate of drug-likeness (QED) is 0.724. The molecule has 0 bridgehead atoms. The standard InChI is InChI=1S/C17H12FNO5S/c18-12-3-5-13(6-4-12)19-25(22,23)14-7-1-11(2-8-14)15-9-10-16(24-15)17(20)21/h1-10,19H,(H,20,21). The fourth-order valence-electron chi connectivity index (χ4n) is 2.14. The zero-order valence-electron chi connectivity index (χ0n) is 12.6. The Balaban J connectivity index is 1.83.